The van der Waals surface area contributed by atoms with Crippen molar-refractivity contribution in [3.05, 3.63) is 18.4 Å². The lowest BCUT2D eigenvalue weighted by Crippen LogP contribution is -1.97. The van der Waals surface area contributed by atoms with Gasteiger partial charge < -0.3 is 9.47 Å². The fourth-order valence-electron chi connectivity index (χ4n) is 1.09. The molecule has 0 atom stereocenters. The molecule has 0 bridgehead atoms. The first-order valence-electron chi connectivity index (χ1n) is 4.96. The van der Waals surface area contributed by atoms with Crippen molar-refractivity contribution in [1.82, 2.24) is 0 Å². The van der Waals surface area contributed by atoms with Gasteiger partial charge in [-0.25, -0.2) is 0 Å². The summed E-state index contributed by atoms with van der Waals surface area (Å²) in [4.78, 5) is 0. The van der Waals surface area contributed by atoms with E-state index in [1.165, 1.54) is 25.7 Å². The lowest BCUT2D eigenvalue weighted by Gasteiger charge is -2.04. The number of hydrogen-bond acceptors (Lipinski definition) is 2. The van der Waals surface area contributed by atoms with Crippen molar-refractivity contribution >= 4 is 0 Å². The van der Waals surface area contributed by atoms with Gasteiger partial charge in [0.1, 0.15) is 0 Å². The molecule has 0 aliphatic carbocycles. The molecule has 0 aliphatic heterocycles. The summed E-state index contributed by atoms with van der Waals surface area (Å²) in [7, 11) is 3.22. The normalized spacial score (nSPS) is 11.7. The van der Waals surface area contributed by atoms with Crippen LogP contribution in [-0.4, -0.2) is 14.2 Å². The standard InChI is InChI=1S/C11H21O2/c1-4-5-6-7-8-9-10-11(12-2)13-3/h9-10H,4-8H2,1-3H3. The molecule has 0 saturated heterocycles. The zero-order chi connectivity index (χ0) is 9.94. The zero-order valence-corrected chi connectivity index (χ0v) is 9.01. The SMILES string of the molecule is CCCCCCC=C[C](OC)OC. The minimum Gasteiger partial charge on any atom is -0.345 e. The van der Waals surface area contributed by atoms with Crippen LogP contribution in [0.25, 0.3) is 0 Å². The number of allylic oxidation sites excluding steroid dienone is 1. The van der Waals surface area contributed by atoms with Gasteiger partial charge in [0, 0.05) is 14.2 Å². The van der Waals surface area contributed by atoms with Gasteiger partial charge in [-0.15, -0.1) is 0 Å². The maximum atomic E-state index is 4.93. The molecule has 0 aromatic heterocycles. The number of ether oxygens (including phenoxy) is 2. The van der Waals surface area contributed by atoms with Crippen LogP contribution < -0.4 is 0 Å². The molecule has 0 heterocycles. The maximum absolute atomic E-state index is 4.93. The van der Waals surface area contributed by atoms with Crippen LogP contribution in [-0.2, 0) is 9.47 Å². The van der Waals surface area contributed by atoms with Crippen molar-refractivity contribution in [2.24, 2.45) is 0 Å². The summed E-state index contributed by atoms with van der Waals surface area (Å²) in [5, 5.41) is 0. The van der Waals surface area contributed by atoms with Gasteiger partial charge in [0.15, 0.2) is 0 Å². The van der Waals surface area contributed by atoms with Gasteiger partial charge in [-0.1, -0.05) is 32.3 Å². The Hall–Kier alpha value is -0.340. The van der Waals surface area contributed by atoms with Gasteiger partial charge in [0.25, 0.3) is 0 Å². The van der Waals surface area contributed by atoms with E-state index in [0.717, 1.165) is 6.42 Å². The maximum Gasteiger partial charge on any atom is 0.247 e. The third kappa shape index (κ3) is 8.00. The molecule has 0 N–H and O–H groups in total. The molecule has 0 fully saturated rings. The monoisotopic (exact) mass is 185 g/mol. The predicted octanol–water partition coefficient (Wildman–Crippen LogP) is 3.30. The summed E-state index contributed by atoms with van der Waals surface area (Å²) in [5.74, 6) is 0. The van der Waals surface area contributed by atoms with E-state index in [-0.39, 0.29) is 0 Å². The molecule has 0 amide bonds. The average Bonchev–Trinajstić information content (AvgIpc) is 2.17. The number of rotatable bonds is 8. The van der Waals surface area contributed by atoms with E-state index in [9.17, 15) is 0 Å². The zero-order valence-electron chi connectivity index (χ0n) is 9.01. The second-order valence-electron chi connectivity index (χ2n) is 2.98. The lowest BCUT2D eigenvalue weighted by atomic mass is 10.1. The van der Waals surface area contributed by atoms with Crippen molar-refractivity contribution in [2.75, 3.05) is 14.2 Å². The van der Waals surface area contributed by atoms with E-state index in [2.05, 4.69) is 13.0 Å². The van der Waals surface area contributed by atoms with Crippen LogP contribution in [0.15, 0.2) is 12.2 Å². The van der Waals surface area contributed by atoms with Gasteiger partial charge >= 0.3 is 0 Å². The third-order valence-corrected chi connectivity index (χ3v) is 1.88. The summed E-state index contributed by atoms with van der Waals surface area (Å²) < 4.78 is 9.87. The first-order chi connectivity index (χ1) is 6.35. The molecule has 1 radical (unpaired) electrons. The molecule has 2 heteroatoms. The van der Waals surface area contributed by atoms with Crippen LogP contribution in [0.1, 0.15) is 39.0 Å². The van der Waals surface area contributed by atoms with Crippen LogP contribution in [0.2, 0.25) is 0 Å². The van der Waals surface area contributed by atoms with E-state index < -0.39 is 0 Å². The van der Waals surface area contributed by atoms with E-state index in [0.29, 0.717) is 6.29 Å². The number of methoxy groups -OCH3 is 2. The van der Waals surface area contributed by atoms with Crippen LogP contribution >= 0.6 is 0 Å². The van der Waals surface area contributed by atoms with E-state index >= 15 is 0 Å². The Morgan fingerprint density at radius 1 is 1.08 bits per heavy atom. The molecule has 0 aromatic carbocycles. The van der Waals surface area contributed by atoms with Gasteiger partial charge in [-0.3, -0.25) is 0 Å². The predicted molar refractivity (Wildman–Crippen MR) is 55.2 cm³/mol. The van der Waals surface area contributed by atoms with E-state index in [4.69, 9.17) is 9.47 Å². The van der Waals surface area contributed by atoms with Gasteiger partial charge in [0.05, 0.1) is 0 Å². The lowest BCUT2D eigenvalue weighted by molar-refractivity contribution is 0.0314. The quantitative estimate of drug-likeness (QED) is 0.540. The molecule has 0 rings (SSSR count). The van der Waals surface area contributed by atoms with Crippen molar-refractivity contribution in [1.29, 1.82) is 0 Å². The molecular formula is C11H21O2. The summed E-state index contributed by atoms with van der Waals surface area (Å²) >= 11 is 0. The van der Waals surface area contributed by atoms with E-state index in [1.807, 2.05) is 6.08 Å². The van der Waals surface area contributed by atoms with E-state index in [1.54, 1.807) is 14.2 Å². The minimum atomic E-state index is 0.579. The highest BCUT2D eigenvalue weighted by atomic mass is 16.7. The molecule has 0 aliphatic rings. The Morgan fingerprint density at radius 3 is 2.31 bits per heavy atom. The Kier molecular flexibility index (Phi) is 9.49. The molecule has 13 heavy (non-hydrogen) atoms. The van der Waals surface area contributed by atoms with Crippen LogP contribution in [0.4, 0.5) is 0 Å². The highest BCUT2D eigenvalue weighted by molar-refractivity contribution is 4.95. The highest BCUT2D eigenvalue weighted by Gasteiger charge is 1.98. The molecule has 0 aromatic rings. The third-order valence-electron chi connectivity index (χ3n) is 1.88. The first-order valence-corrected chi connectivity index (χ1v) is 4.96. The fraction of sp³-hybridized carbons (Fsp3) is 0.727. The second-order valence-corrected chi connectivity index (χ2v) is 2.98. The Balaban J connectivity index is 3.28. The number of unbranched alkanes of at least 4 members (excludes halogenated alkanes) is 4. The Labute approximate surface area is 81.9 Å². The molecule has 0 spiro atoms. The summed E-state index contributed by atoms with van der Waals surface area (Å²) in [6.45, 7) is 2.22. The molecule has 2 nitrogen and oxygen atoms in total. The van der Waals surface area contributed by atoms with Crippen LogP contribution in [0.3, 0.4) is 0 Å². The van der Waals surface area contributed by atoms with Crippen molar-refractivity contribution in [2.45, 2.75) is 39.0 Å². The van der Waals surface area contributed by atoms with Crippen molar-refractivity contribution in [3.8, 4) is 0 Å². The molecule has 77 valence electrons. The Bertz CT molecular complexity index is 117. The van der Waals surface area contributed by atoms with Crippen LogP contribution in [0.5, 0.6) is 0 Å². The Morgan fingerprint density at radius 2 is 1.77 bits per heavy atom. The highest BCUT2D eigenvalue weighted by Crippen LogP contribution is 2.07. The second kappa shape index (κ2) is 9.75. The fourth-order valence-corrected chi connectivity index (χ4v) is 1.09. The summed E-state index contributed by atoms with van der Waals surface area (Å²) in [6, 6.07) is 0. The minimum absolute atomic E-state index is 0.579. The average molecular weight is 185 g/mol. The first kappa shape index (κ1) is 12.7. The summed E-state index contributed by atoms with van der Waals surface area (Å²) in [6.07, 6.45) is 10.9. The van der Waals surface area contributed by atoms with Crippen LogP contribution in [0, 0.1) is 6.29 Å². The van der Waals surface area contributed by atoms with Gasteiger partial charge in [-0.05, 0) is 18.9 Å². The summed E-state index contributed by atoms with van der Waals surface area (Å²) in [5.41, 5.74) is 0. The molecule has 0 saturated carbocycles. The van der Waals surface area contributed by atoms with Crippen molar-refractivity contribution < 1.29 is 9.47 Å². The molecular weight excluding hydrogens is 164 g/mol. The van der Waals surface area contributed by atoms with Crippen molar-refractivity contribution in [3.63, 3.8) is 0 Å². The van der Waals surface area contributed by atoms with Gasteiger partial charge in [-0.2, -0.15) is 0 Å². The largest absolute Gasteiger partial charge is 0.345 e. The number of hydrogen-bond donors (Lipinski definition) is 0. The topological polar surface area (TPSA) is 18.5 Å². The smallest absolute Gasteiger partial charge is 0.247 e. The molecule has 0 unspecified atom stereocenters. The van der Waals surface area contributed by atoms with Gasteiger partial charge in [0.2, 0.25) is 6.29 Å².